The van der Waals surface area contributed by atoms with Gasteiger partial charge in [-0.1, -0.05) is 12.1 Å². The van der Waals surface area contributed by atoms with Gasteiger partial charge in [0.25, 0.3) is 0 Å². The molecule has 3 rings (SSSR count). The van der Waals surface area contributed by atoms with E-state index < -0.39 is 0 Å². The third kappa shape index (κ3) is 4.20. The Morgan fingerprint density at radius 2 is 2.22 bits per heavy atom. The third-order valence-electron chi connectivity index (χ3n) is 4.02. The first-order valence-corrected chi connectivity index (χ1v) is 8.75. The van der Waals surface area contributed by atoms with E-state index in [4.69, 9.17) is 9.47 Å². The van der Waals surface area contributed by atoms with Crippen LogP contribution in [-0.2, 0) is 9.53 Å². The second-order valence-electron chi connectivity index (χ2n) is 6.19. The van der Waals surface area contributed by atoms with Crippen molar-refractivity contribution in [1.29, 1.82) is 0 Å². The number of hydrogen-bond acceptors (Lipinski definition) is 5. The molecule has 1 saturated carbocycles. The van der Waals surface area contributed by atoms with Crippen molar-refractivity contribution in [2.24, 2.45) is 5.92 Å². The van der Waals surface area contributed by atoms with Crippen LogP contribution in [0.1, 0.15) is 26.7 Å². The minimum atomic E-state index is -0.0172. The molecule has 1 aliphatic carbocycles. The monoisotopic (exact) mass is 334 g/mol. The molecule has 1 amide bonds. The lowest BCUT2D eigenvalue weighted by molar-refractivity contribution is -0.120. The van der Waals surface area contributed by atoms with Crippen LogP contribution >= 0.6 is 11.5 Å². The van der Waals surface area contributed by atoms with E-state index >= 15 is 0 Å². The summed E-state index contributed by atoms with van der Waals surface area (Å²) < 4.78 is 17.2. The molecule has 23 heavy (non-hydrogen) atoms. The zero-order valence-corrected chi connectivity index (χ0v) is 14.3. The predicted molar refractivity (Wildman–Crippen MR) is 90.9 cm³/mol. The highest BCUT2D eigenvalue weighted by Gasteiger charge is 2.31. The molecule has 1 aromatic heterocycles. The molecule has 1 fully saturated rings. The van der Waals surface area contributed by atoms with Gasteiger partial charge in [-0.05, 0) is 49.3 Å². The Morgan fingerprint density at radius 1 is 1.43 bits per heavy atom. The topological polar surface area (TPSA) is 60.5 Å². The molecule has 0 bridgehead atoms. The number of hydrogen-bond donors (Lipinski definition) is 1. The van der Waals surface area contributed by atoms with E-state index in [9.17, 15) is 4.79 Å². The van der Waals surface area contributed by atoms with Crippen LogP contribution in [0, 0.1) is 5.92 Å². The average Bonchev–Trinajstić information content (AvgIpc) is 2.88. The van der Waals surface area contributed by atoms with E-state index in [1.54, 1.807) is 0 Å². The zero-order valence-electron chi connectivity index (χ0n) is 13.5. The number of rotatable bonds is 7. The maximum Gasteiger partial charge on any atom is 0.233 e. The number of carbonyl (C=O) groups is 1. The van der Waals surface area contributed by atoms with Gasteiger partial charge >= 0.3 is 0 Å². The van der Waals surface area contributed by atoms with Gasteiger partial charge in [-0.25, -0.2) is 0 Å². The fourth-order valence-corrected chi connectivity index (χ4v) is 3.50. The van der Waals surface area contributed by atoms with Crippen LogP contribution < -0.4 is 10.1 Å². The van der Waals surface area contributed by atoms with Gasteiger partial charge < -0.3 is 14.8 Å². The van der Waals surface area contributed by atoms with Gasteiger partial charge in [0.1, 0.15) is 0 Å². The summed E-state index contributed by atoms with van der Waals surface area (Å²) in [5.41, 5.74) is 0. The van der Waals surface area contributed by atoms with Gasteiger partial charge in [-0.15, -0.1) is 0 Å². The fraction of sp³-hybridized carbons (Fsp3) is 0.529. The SMILES string of the molecule is CC(=O)N[C@@H](C)COC1CC(COc2nsc3ccccc23)C1. The van der Waals surface area contributed by atoms with E-state index in [0.29, 0.717) is 19.1 Å². The number of carbonyl (C=O) groups excluding carboxylic acids is 1. The first-order chi connectivity index (χ1) is 11.1. The van der Waals surface area contributed by atoms with Crippen molar-refractivity contribution in [3.05, 3.63) is 24.3 Å². The lowest BCUT2D eigenvalue weighted by atomic mass is 9.83. The predicted octanol–water partition coefficient (Wildman–Crippen LogP) is 2.99. The Balaban J connectivity index is 1.37. The summed E-state index contributed by atoms with van der Waals surface area (Å²) >= 11 is 1.47. The number of amides is 1. The van der Waals surface area contributed by atoms with E-state index in [-0.39, 0.29) is 18.1 Å². The van der Waals surface area contributed by atoms with Gasteiger partial charge in [0.05, 0.1) is 29.4 Å². The summed E-state index contributed by atoms with van der Waals surface area (Å²) in [6.45, 7) is 4.73. The van der Waals surface area contributed by atoms with Crippen LogP contribution in [0.4, 0.5) is 0 Å². The van der Waals surface area contributed by atoms with Crippen LogP contribution in [-0.4, -0.2) is 35.6 Å². The molecule has 0 unspecified atom stereocenters. The maximum atomic E-state index is 10.9. The normalized spacial score (nSPS) is 21.7. The van der Waals surface area contributed by atoms with Crippen molar-refractivity contribution in [3.63, 3.8) is 0 Å². The molecule has 0 aliphatic heterocycles. The quantitative estimate of drug-likeness (QED) is 0.845. The minimum absolute atomic E-state index is 0.0172. The molecule has 1 aliphatic rings. The first kappa shape index (κ1) is 16.2. The van der Waals surface area contributed by atoms with Gasteiger partial charge in [0.15, 0.2) is 0 Å². The van der Waals surface area contributed by atoms with Crippen molar-refractivity contribution in [3.8, 4) is 5.88 Å². The Morgan fingerprint density at radius 3 is 3.00 bits per heavy atom. The molecule has 1 aromatic carbocycles. The lowest BCUT2D eigenvalue weighted by Gasteiger charge is -2.35. The van der Waals surface area contributed by atoms with Crippen molar-refractivity contribution in [2.45, 2.75) is 38.8 Å². The Kier molecular flexibility index (Phi) is 5.13. The average molecular weight is 334 g/mol. The van der Waals surface area contributed by atoms with E-state index in [1.165, 1.54) is 18.5 Å². The minimum Gasteiger partial charge on any atom is -0.476 e. The molecule has 6 heteroatoms. The number of aromatic nitrogens is 1. The van der Waals surface area contributed by atoms with E-state index in [0.717, 1.165) is 28.8 Å². The maximum absolute atomic E-state index is 10.9. The Labute approximate surface area is 140 Å². The highest BCUT2D eigenvalue weighted by molar-refractivity contribution is 7.13. The summed E-state index contributed by atoms with van der Waals surface area (Å²) in [4.78, 5) is 10.9. The molecule has 1 heterocycles. The second-order valence-corrected chi connectivity index (χ2v) is 6.99. The standard InChI is InChI=1S/C17H22N2O3S/c1-11(18-12(2)20)9-21-14-7-13(8-14)10-22-17-15-5-3-4-6-16(15)23-19-17/h3-6,11,13-14H,7-10H2,1-2H3,(H,18,20)/t11-,13?,14?/m0/s1. The highest BCUT2D eigenvalue weighted by Crippen LogP contribution is 2.33. The van der Waals surface area contributed by atoms with Crippen molar-refractivity contribution >= 4 is 27.5 Å². The number of benzene rings is 1. The molecule has 124 valence electrons. The number of fused-ring (bicyclic) bond motifs is 1. The zero-order chi connectivity index (χ0) is 16.2. The van der Waals surface area contributed by atoms with Crippen molar-refractivity contribution in [2.75, 3.05) is 13.2 Å². The summed E-state index contributed by atoms with van der Waals surface area (Å²) in [7, 11) is 0. The van der Waals surface area contributed by atoms with Crippen LogP contribution in [0.5, 0.6) is 5.88 Å². The Bertz CT molecular complexity index is 667. The molecular weight excluding hydrogens is 312 g/mol. The van der Waals surface area contributed by atoms with E-state index in [2.05, 4.69) is 15.8 Å². The van der Waals surface area contributed by atoms with Gasteiger partial charge in [-0.2, -0.15) is 4.37 Å². The van der Waals surface area contributed by atoms with Crippen molar-refractivity contribution < 1.29 is 14.3 Å². The molecule has 0 saturated heterocycles. The molecule has 0 radical (unpaired) electrons. The van der Waals surface area contributed by atoms with Crippen LogP contribution in [0.2, 0.25) is 0 Å². The summed E-state index contributed by atoms with van der Waals surface area (Å²) in [6.07, 6.45) is 2.30. The van der Waals surface area contributed by atoms with Crippen molar-refractivity contribution in [1.82, 2.24) is 9.69 Å². The molecule has 1 atom stereocenters. The number of nitrogens with one attached hydrogen (secondary N) is 1. The molecule has 2 aromatic rings. The lowest BCUT2D eigenvalue weighted by Crippen LogP contribution is -2.40. The smallest absolute Gasteiger partial charge is 0.233 e. The number of ether oxygens (including phenoxy) is 2. The molecule has 0 spiro atoms. The van der Waals surface area contributed by atoms with E-state index in [1.807, 2.05) is 25.1 Å². The number of nitrogens with zero attached hydrogens (tertiary/aromatic N) is 1. The van der Waals surface area contributed by atoms with Gasteiger partial charge in [0, 0.05) is 13.0 Å². The highest BCUT2D eigenvalue weighted by atomic mass is 32.1. The second kappa shape index (κ2) is 7.27. The van der Waals surface area contributed by atoms with Crippen LogP contribution in [0.25, 0.3) is 10.1 Å². The first-order valence-electron chi connectivity index (χ1n) is 7.97. The molecule has 5 nitrogen and oxygen atoms in total. The Hall–Kier alpha value is -1.66. The summed E-state index contributed by atoms with van der Waals surface area (Å²) in [5, 5.41) is 3.91. The largest absolute Gasteiger partial charge is 0.476 e. The third-order valence-corrected chi connectivity index (χ3v) is 4.83. The van der Waals surface area contributed by atoms with Gasteiger partial charge in [0.2, 0.25) is 11.8 Å². The summed E-state index contributed by atoms with van der Waals surface area (Å²) in [6, 6.07) is 8.19. The molecule has 1 N–H and O–H groups in total. The van der Waals surface area contributed by atoms with Gasteiger partial charge in [-0.3, -0.25) is 4.79 Å². The molecular formula is C17H22N2O3S. The van der Waals surface area contributed by atoms with Crippen LogP contribution in [0.3, 0.4) is 0 Å². The fourth-order valence-electron chi connectivity index (χ4n) is 2.78. The van der Waals surface area contributed by atoms with Crippen LogP contribution in [0.15, 0.2) is 24.3 Å². The summed E-state index contributed by atoms with van der Waals surface area (Å²) in [5.74, 6) is 1.25.